The Bertz CT molecular complexity index is 683. The molecule has 3 nitrogen and oxygen atoms in total. The number of anilines is 2. The van der Waals surface area contributed by atoms with Gasteiger partial charge in [-0.25, -0.2) is 4.98 Å². The number of nitrogens with zero attached hydrogens (tertiary/aromatic N) is 1. The number of halogens is 1. The molecule has 0 saturated carbocycles. The minimum absolute atomic E-state index is 0.354. The van der Waals surface area contributed by atoms with Crippen LogP contribution in [0.4, 0.5) is 11.5 Å². The number of nitrogens with two attached hydrogens (primary N) is 1. The molecule has 0 aliphatic heterocycles. The first-order valence-corrected chi connectivity index (χ1v) is 7.40. The lowest BCUT2D eigenvalue weighted by Gasteiger charge is -2.15. The second kappa shape index (κ2) is 5.89. The van der Waals surface area contributed by atoms with Crippen molar-refractivity contribution < 1.29 is 0 Å². The lowest BCUT2D eigenvalue weighted by molar-refractivity contribution is 1.16. The van der Waals surface area contributed by atoms with E-state index >= 15 is 0 Å². The first-order valence-electron chi connectivity index (χ1n) is 6.19. The Morgan fingerprint density at radius 2 is 1.90 bits per heavy atom. The van der Waals surface area contributed by atoms with E-state index in [4.69, 9.17) is 18.0 Å². The van der Waals surface area contributed by atoms with Crippen LogP contribution in [0.3, 0.4) is 0 Å². The Kier molecular flexibility index (Phi) is 4.40. The molecule has 0 aliphatic carbocycles. The van der Waals surface area contributed by atoms with E-state index in [1.807, 2.05) is 45.0 Å². The summed E-state index contributed by atoms with van der Waals surface area (Å²) >= 11 is 8.60. The van der Waals surface area contributed by atoms with Gasteiger partial charge in [-0.3, -0.25) is 0 Å². The summed E-state index contributed by atoms with van der Waals surface area (Å²) in [5.41, 5.74) is 10.7. The Morgan fingerprint density at radius 3 is 2.50 bits per heavy atom. The second-order valence-corrected chi connectivity index (χ2v) is 6.11. The van der Waals surface area contributed by atoms with Crippen LogP contribution < -0.4 is 11.1 Å². The minimum Gasteiger partial charge on any atom is -0.389 e. The SMILES string of the molecule is Cc1cc(C)c(C(N)=S)c(Nc2ccc(Br)cc2C)n1. The molecule has 0 aliphatic rings. The van der Waals surface area contributed by atoms with E-state index in [-0.39, 0.29) is 0 Å². The van der Waals surface area contributed by atoms with Crippen LogP contribution in [0.2, 0.25) is 0 Å². The van der Waals surface area contributed by atoms with Crippen molar-refractivity contribution in [2.45, 2.75) is 20.8 Å². The maximum Gasteiger partial charge on any atom is 0.141 e. The summed E-state index contributed by atoms with van der Waals surface area (Å²) in [6, 6.07) is 8.01. The van der Waals surface area contributed by atoms with Crippen molar-refractivity contribution in [3.05, 3.63) is 51.1 Å². The largest absolute Gasteiger partial charge is 0.389 e. The summed E-state index contributed by atoms with van der Waals surface area (Å²) < 4.78 is 1.04. The molecule has 0 spiro atoms. The summed E-state index contributed by atoms with van der Waals surface area (Å²) in [5, 5.41) is 3.33. The van der Waals surface area contributed by atoms with E-state index in [0.29, 0.717) is 10.8 Å². The van der Waals surface area contributed by atoms with Gasteiger partial charge in [0.05, 0.1) is 5.56 Å². The maximum absolute atomic E-state index is 5.83. The number of thiocarbonyl (C=S) groups is 1. The zero-order valence-electron chi connectivity index (χ0n) is 11.6. The average Bonchev–Trinajstić information content (AvgIpc) is 2.31. The molecule has 1 heterocycles. The van der Waals surface area contributed by atoms with E-state index in [9.17, 15) is 0 Å². The molecule has 0 amide bonds. The van der Waals surface area contributed by atoms with Gasteiger partial charge in [0.1, 0.15) is 10.8 Å². The molecule has 5 heteroatoms. The van der Waals surface area contributed by atoms with Gasteiger partial charge in [-0.05, 0) is 56.2 Å². The average molecular weight is 350 g/mol. The van der Waals surface area contributed by atoms with Crippen LogP contribution in [0.25, 0.3) is 0 Å². The van der Waals surface area contributed by atoms with Gasteiger partial charge >= 0.3 is 0 Å². The predicted octanol–water partition coefficient (Wildman–Crippen LogP) is 4.15. The Balaban J connectivity index is 2.50. The summed E-state index contributed by atoms with van der Waals surface area (Å²) in [7, 11) is 0. The zero-order valence-corrected chi connectivity index (χ0v) is 14.0. The van der Waals surface area contributed by atoms with Crippen LogP contribution in [0.1, 0.15) is 22.4 Å². The number of aromatic nitrogens is 1. The van der Waals surface area contributed by atoms with Crippen molar-refractivity contribution in [3.8, 4) is 0 Å². The highest BCUT2D eigenvalue weighted by Gasteiger charge is 2.12. The van der Waals surface area contributed by atoms with Crippen LogP contribution in [-0.2, 0) is 0 Å². The predicted molar refractivity (Wildman–Crippen MR) is 91.8 cm³/mol. The van der Waals surface area contributed by atoms with Gasteiger partial charge < -0.3 is 11.1 Å². The van der Waals surface area contributed by atoms with Crippen LogP contribution in [0.5, 0.6) is 0 Å². The first-order chi connectivity index (χ1) is 9.38. The highest BCUT2D eigenvalue weighted by atomic mass is 79.9. The number of hydrogen-bond donors (Lipinski definition) is 2. The quantitative estimate of drug-likeness (QED) is 0.817. The van der Waals surface area contributed by atoms with Crippen molar-refractivity contribution in [2.24, 2.45) is 5.73 Å². The molecule has 3 N–H and O–H groups in total. The zero-order chi connectivity index (χ0) is 14.9. The van der Waals surface area contributed by atoms with E-state index < -0.39 is 0 Å². The lowest BCUT2D eigenvalue weighted by atomic mass is 10.1. The fraction of sp³-hybridized carbons (Fsp3) is 0.200. The molecule has 104 valence electrons. The molecule has 2 aromatic rings. The smallest absolute Gasteiger partial charge is 0.141 e. The fourth-order valence-electron chi connectivity index (χ4n) is 2.13. The van der Waals surface area contributed by atoms with Crippen molar-refractivity contribution in [1.29, 1.82) is 0 Å². The molecule has 0 saturated heterocycles. The van der Waals surface area contributed by atoms with E-state index in [2.05, 4.69) is 26.2 Å². The van der Waals surface area contributed by atoms with E-state index in [1.54, 1.807) is 0 Å². The monoisotopic (exact) mass is 349 g/mol. The summed E-state index contributed by atoms with van der Waals surface area (Å²) in [5.74, 6) is 0.709. The summed E-state index contributed by atoms with van der Waals surface area (Å²) in [4.78, 5) is 4.88. The molecule has 0 atom stereocenters. The molecule has 1 aromatic heterocycles. The third-order valence-corrected chi connectivity index (χ3v) is 3.73. The third-order valence-electron chi connectivity index (χ3n) is 3.03. The van der Waals surface area contributed by atoms with Gasteiger partial charge in [-0.1, -0.05) is 28.1 Å². The second-order valence-electron chi connectivity index (χ2n) is 4.75. The highest BCUT2D eigenvalue weighted by molar-refractivity contribution is 9.10. The molecular weight excluding hydrogens is 334 g/mol. The lowest BCUT2D eigenvalue weighted by Crippen LogP contribution is -2.15. The Morgan fingerprint density at radius 1 is 1.20 bits per heavy atom. The summed E-state index contributed by atoms with van der Waals surface area (Å²) in [6.07, 6.45) is 0. The molecule has 2 rings (SSSR count). The van der Waals surface area contributed by atoms with E-state index in [1.165, 1.54) is 0 Å². The van der Waals surface area contributed by atoms with Crippen LogP contribution in [0.15, 0.2) is 28.7 Å². The van der Waals surface area contributed by atoms with Crippen LogP contribution in [-0.4, -0.2) is 9.97 Å². The topological polar surface area (TPSA) is 50.9 Å². The van der Waals surface area contributed by atoms with Gasteiger partial charge in [0, 0.05) is 15.9 Å². The van der Waals surface area contributed by atoms with Gasteiger partial charge in [0.25, 0.3) is 0 Å². The van der Waals surface area contributed by atoms with Crippen molar-refractivity contribution in [2.75, 3.05) is 5.32 Å². The van der Waals surface area contributed by atoms with Crippen molar-refractivity contribution >= 4 is 44.6 Å². The molecule has 1 aromatic carbocycles. The van der Waals surface area contributed by atoms with Gasteiger partial charge in [0.2, 0.25) is 0 Å². The highest BCUT2D eigenvalue weighted by Crippen LogP contribution is 2.26. The number of aryl methyl sites for hydroxylation is 3. The normalized spacial score (nSPS) is 10.4. The van der Waals surface area contributed by atoms with Crippen molar-refractivity contribution in [1.82, 2.24) is 4.98 Å². The summed E-state index contributed by atoms with van der Waals surface area (Å²) in [6.45, 7) is 5.98. The van der Waals surface area contributed by atoms with Gasteiger partial charge in [-0.15, -0.1) is 0 Å². The molecule has 20 heavy (non-hydrogen) atoms. The third kappa shape index (κ3) is 3.16. The molecule has 0 bridgehead atoms. The standard InChI is InChI=1S/C15H16BrN3S/c1-8-7-11(16)4-5-12(8)19-15-13(14(17)20)9(2)6-10(3)18-15/h4-7H,1-3H3,(H2,17,20)(H,18,19). The molecule has 0 fully saturated rings. The molecule has 0 radical (unpaired) electrons. The van der Waals surface area contributed by atoms with Crippen LogP contribution >= 0.6 is 28.1 Å². The first kappa shape index (κ1) is 14.9. The van der Waals surface area contributed by atoms with Crippen LogP contribution in [0, 0.1) is 20.8 Å². The van der Waals surface area contributed by atoms with Gasteiger partial charge in [0.15, 0.2) is 0 Å². The number of pyridine rings is 1. The number of nitrogens with one attached hydrogen (secondary N) is 1. The number of hydrogen-bond acceptors (Lipinski definition) is 3. The Labute approximate surface area is 132 Å². The molecule has 0 unspecified atom stereocenters. The van der Waals surface area contributed by atoms with Crippen molar-refractivity contribution in [3.63, 3.8) is 0 Å². The van der Waals surface area contributed by atoms with E-state index in [0.717, 1.165) is 32.5 Å². The minimum atomic E-state index is 0.354. The Hall–Kier alpha value is -1.46. The van der Waals surface area contributed by atoms with Gasteiger partial charge in [-0.2, -0.15) is 0 Å². The fourth-order valence-corrected chi connectivity index (χ4v) is 2.87. The number of rotatable bonds is 3. The maximum atomic E-state index is 5.83. The molecular formula is C15H16BrN3S. The number of benzene rings is 1.